The number of hydrogen-bond donors (Lipinski definition) is 2. The van der Waals surface area contributed by atoms with Crippen molar-refractivity contribution < 1.29 is 19.4 Å². The Balaban J connectivity index is 2.45. The predicted molar refractivity (Wildman–Crippen MR) is 80.9 cm³/mol. The van der Waals surface area contributed by atoms with E-state index < -0.39 is 17.7 Å². The van der Waals surface area contributed by atoms with Gasteiger partial charge in [0.25, 0.3) is 0 Å². The average Bonchev–Trinajstić information content (AvgIpc) is 2.41. The van der Waals surface area contributed by atoms with Crippen molar-refractivity contribution in [2.24, 2.45) is 0 Å². The Morgan fingerprint density at radius 1 is 1.29 bits per heavy atom. The van der Waals surface area contributed by atoms with Crippen molar-refractivity contribution in [1.82, 2.24) is 5.32 Å². The summed E-state index contributed by atoms with van der Waals surface area (Å²) >= 11 is 0. The Morgan fingerprint density at radius 3 is 2.43 bits per heavy atom. The minimum absolute atomic E-state index is 0.213. The first-order valence-corrected chi connectivity index (χ1v) is 7.07. The van der Waals surface area contributed by atoms with Gasteiger partial charge in [-0.2, -0.15) is 0 Å². The van der Waals surface area contributed by atoms with Crippen LogP contribution >= 0.6 is 0 Å². The van der Waals surface area contributed by atoms with Gasteiger partial charge in [0.1, 0.15) is 5.60 Å². The Morgan fingerprint density at radius 2 is 1.90 bits per heavy atom. The first kappa shape index (κ1) is 17.5. The molecule has 21 heavy (non-hydrogen) atoms. The van der Waals surface area contributed by atoms with Crippen molar-refractivity contribution in [3.8, 4) is 0 Å². The fourth-order valence-corrected chi connectivity index (χ4v) is 1.69. The third-order valence-corrected chi connectivity index (χ3v) is 2.82. The zero-order valence-corrected chi connectivity index (χ0v) is 13.1. The Kier molecular flexibility index (Phi) is 6.65. The van der Waals surface area contributed by atoms with Gasteiger partial charge in [0.05, 0.1) is 25.4 Å². The molecule has 1 unspecified atom stereocenters. The van der Waals surface area contributed by atoms with E-state index in [1.54, 1.807) is 27.7 Å². The number of carbonyl (C=O) groups is 1. The van der Waals surface area contributed by atoms with Gasteiger partial charge in [-0.25, -0.2) is 4.79 Å². The van der Waals surface area contributed by atoms with E-state index in [1.165, 1.54) is 0 Å². The molecule has 0 aliphatic carbocycles. The van der Waals surface area contributed by atoms with E-state index in [4.69, 9.17) is 9.47 Å². The molecule has 1 rings (SSSR count). The molecule has 5 nitrogen and oxygen atoms in total. The third-order valence-electron chi connectivity index (χ3n) is 2.82. The maximum Gasteiger partial charge on any atom is 0.408 e. The second-order valence-corrected chi connectivity index (χ2v) is 5.94. The molecule has 1 aromatic carbocycles. The van der Waals surface area contributed by atoms with Gasteiger partial charge in [-0.3, -0.25) is 0 Å². The van der Waals surface area contributed by atoms with Crippen LogP contribution in [-0.2, 0) is 16.1 Å². The topological polar surface area (TPSA) is 67.8 Å². The normalized spacial score (nSPS) is 14.3. The average molecular weight is 295 g/mol. The minimum Gasteiger partial charge on any atom is -0.444 e. The molecule has 0 heterocycles. The minimum atomic E-state index is -0.571. The zero-order chi connectivity index (χ0) is 15.9. The highest BCUT2D eigenvalue weighted by molar-refractivity contribution is 5.68. The molecule has 1 aromatic rings. The van der Waals surface area contributed by atoms with Crippen molar-refractivity contribution in [2.75, 3.05) is 6.61 Å². The van der Waals surface area contributed by atoms with E-state index in [1.807, 2.05) is 30.3 Å². The standard InChI is InChI=1S/C16H25NO4/c1-12(20-11-13-8-6-5-7-9-13)14(10-18)17-15(19)21-16(2,3)4/h5-9,12,14,18H,10-11H2,1-4H3,(H,17,19)/t12?,14-/m0/s1. The third kappa shape index (κ3) is 7.11. The Bertz CT molecular complexity index is 428. The van der Waals surface area contributed by atoms with E-state index in [2.05, 4.69) is 5.32 Å². The summed E-state index contributed by atoms with van der Waals surface area (Å²) in [6, 6.07) is 9.22. The summed E-state index contributed by atoms with van der Waals surface area (Å²) in [4.78, 5) is 11.7. The van der Waals surface area contributed by atoms with Crippen LogP contribution in [0.3, 0.4) is 0 Å². The van der Waals surface area contributed by atoms with Gasteiger partial charge in [0.2, 0.25) is 0 Å². The molecule has 0 saturated carbocycles. The molecule has 0 bridgehead atoms. The second-order valence-electron chi connectivity index (χ2n) is 5.94. The molecular weight excluding hydrogens is 270 g/mol. The van der Waals surface area contributed by atoms with Crippen LogP contribution in [0.1, 0.15) is 33.3 Å². The van der Waals surface area contributed by atoms with Crippen LogP contribution in [0.5, 0.6) is 0 Å². The van der Waals surface area contributed by atoms with Crippen molar-refractivity contribution in [1.29, 1.82) is 0 Å². The number of aliphatic hydroxyl groups is 1. The smallest absolute Gasteiger partial charge is 0.408 e. The summed E-state index contributed by atoms with van der Waals surface area (Å²) in [5.41, 5.74) is 0.469. The lowest BCUT2D eigenvalue weighted by Gasteiger charge is -2.26. The number of hydrogen-bond acceptors (Lipinski definition) is 4. The summed E-state index contributed by atoms with van der Waals surface area (Å²) in [5.74, 6) is 0. The molecule has 0 aromatic heterocycles. The van der Waals surface area contributed by atoms with E-state index >= 15 is 0 Å². The molecule has 0 aliphatic rings. The number of ether oxygens (including phenoxy) is 2. The van der Waals surface area contributed by atoms with E-state index in [0.717, 1.165) is 5.56 Å². The van der Waals surface area contributed by atoms with Crippen LogP contribution in [0.4, 0.5) is 4.79 Å². The van der Waals surface area contributed by atoms with E-state index in [9.17, 15) is 9.90 Å². The monoisotopic (exact) mass is 295 g/mol. The second kappa shape index (κ2) is 8.00. The van der Waals surface area contributed by atoms with E-state index in [-0.39, 0.29) is 12.7 Å². The maximum absolute atomic E-state index is 11.7. The number of amides is 1. The number of aliphatic hydroxyl groups excluding tert-OH is 1. The van der Waals surface area contributed by atoms with Crippen LogP contribution in [0.15, 0.2) is 30.3 Å². The molecular formula is C16H25NO4. The molecule has 0 aliphatic heterocycles. The number of benzene rings is 1. The molecule has 2 N–H and O–H groups in total. The number of rotatable bonds is 6. The van der Waals surface area contributed by atoms with Crippen LogP contribution in [0, 0.1) is 0 Å². The van der Waals surface area contributed by atoms with Gasteiger partial charge in [-0.1, -0.05) is 30.3 Å². The van der Waals surface area contributed by atoms with Gasteiger partial charge >= 0.3 is 6.09 Å². The van der Waals surface area contributed by atoms with Crippen molar-refractivity contribution in [2.45, 2.75) is 52.0 Å². The predicted octanol–water partition coefficient (Wildman–Crippen LogP) is 2.48. The van der Waals surface area contributed by atoms with Gasteiger partial charge in [0, 0.05) is 0 Å². The number of carbonyl (C=O) groups excluding carboxylic acids is 1. The first-order chi connectivity index (χ1) is 9.81. The molecule has 118 valence electrons. The van der Waals surface area contributed by atoms with Crippen LogP contribution in [0.2, 0.25) is 0 Å². The zero-order valence-electron chi connectivity index (χ0n) is 13.1. The van der Waals surface area contributed by atoms with Crippen molar-refractivity contribution >= 4 is 6.09 Å². The molecule has 0 spiro atoms. The highest BCUT2D eigenvalue weighted by Gasteiger charge is 2.23. The highest BCUT2D eigenvalue weighted by atomic mass is 16.6. The Hall–Kier alpha value is -1.59. The van der Waals surface area contributed by atoms with Crippen LogP contribution in [0.25, 0.3) is 0 Å². The Labute approximate surface area is 126 Å². The fraction of sp³-hybridized carbons (Fsp3) is 0.562. The van der Waals surface area contributed by atoms with Crippen molar-refractivity contribution in [3.05, 3.63) is 35.9 Å². The quantitative estimate of drug-likeness (QED) is 0.846. The van der Waals surface area contributed by atoms with Crippen molar-refractivity contribution in [3.63, 3.8) is 0 Å². The number of nitrogens with one attached hydrogen (secondary N) is 1. The van der Waals surface area contributed by atoms with Gasteiger partial charge in [0.15, 0.2) is 0 Å². The van der Waals surface area contributed by atoms with Crippen LogP contribution in [-0.4, -0.2) is 35.6 Å². The summed E-state index contributed by atoms with van der Waals surface area (Å²) in [5, 5.41) is 12.0. The summed E-state index contributed by atoms with van der Waals surface area (Å²) < 4.78 is 10.8. The first-order valence-electron chi connectivity index (χ1n) is 7.07. The van der Waals surface area contributed by atoms with Gasteiger partial charge in [-0.05, 0) is 33.3 Å². The molecule has 0 radical (unpaired) electrons. The lowest BCUT2D eigenvalue weighted by molar-refractivity contribution is 0.00227. The van der Waals surface area contributed by atoms with Gasteiger partial charge < -0.3 is 19.9 Å². The SMILES string of the molecule is CC(OCc1ccccc1)[C@H](CO)NC(=O)OC(C)(C)C. The number of alkyl carbamates (subject to hydrolysis) is 1. The maximum atomic E-state index is 11.7. The summed E-state index contributed by atoms with van der Waals surface area (Å²) in [6.45, 7) is 7.38. The summed E-state index contributed by atoms with van der Waals surface area (Å²) in [7, 11) is 0. The fourth-order valence-electron chi connectivity index (χ4n) is 1.69. The molecule has 5 heteroatoms. The summed E-state index contributed by atoms with van der Waals surface area (Å²) in [6.07, 6.45) is -0.889. The molecule has 0 fully saturated rings. The molecule has 1 amide bonds. The van der Waals surface area contributed by atoms with Gasteiger partial charge in [-0.15, -0.1) is 0 Å². The largest absolute Gasteiger partial charge is 0.444 e. The lowest BCUT2D eigenvalue weighted by atomic mass is 10.2. The molecule has 0 saturated heterocycles. The highest BCUT2D eigenvalue weighted by Crippen LogP contribution is 2.09. The van der Waals surface area contributed by atoms with Crippen LogP contribution < -0.4 is 5.32 Å². The lowest BCUT2D eigenvalue weighted by Crippen LogP contribution is -2.47. The van der Waals surface area contributed by atoms with E-state index in [0.29, 0.717) is 6.61 Å². The molecule has 2 atom stereocenters.